The number of hydrogen-bond donors (Lipinski definition) is 1. The average Bonchev–Trinajstić information content (AvgIpc) is 3.02. The van der Waals surface area contributed by atoms with Gasteiger partial charge in [-0.25, -0.2) is 8.42 Å². The maximum Gasteiger partial charge on any atom is 0.264 e. The summed E-state index contributed by atoms with van der Waals surface area (Å²) >= 11 is 6.23. The molecule has 0 fully saturated rings. The summed E-state index contributed by atoms with van der Waals surface area (Å²) in [6.45, 7) is 7.21. The van der Waals surface area contributed by atoms with Crippen LogP contribution in [0.4, 0.5) is 5.69 Å². The molecule has 0 aliphatic carbocycles. The van der Waals surface area contributed by atoms with Crippen LogP contribution in [0.15, 0.2) is 108 Å². The fourth-order valence-corrected chi connectivity index (χ4v) is 6.86. The van der Waals surface area contributed by atoms with Crippen molar-refractivity contribution in [1.29, 1.82) is 0 Å². The predicted molar refractivity (Wildman–Crippen MR) is 181 cm³/mol. The summed E-state index contributed by atoms with van der Waals surface area (Å²) in [5.41, 5.74) is 3.64. The van der Waals surface area contributed by atoms with E-state index in [1.807, 2.05) is 75.4 Å². The van der Waals surface area contributed by atoms with Gasteiger partial charge in [0, 0.05) is 24.0 Å². The summed E-state index contributed by atoms with van der Waals surface area (Å²) in [6.07, 6.45) is 0.973. The summed E-state index contributed by atoms with van der Waals surface area (Å²) in [6, 6.07) is 29.1. The maximum atomic E-state index is 14.6. The van der Waals surface area contributed by atoms with Crippen LogP contribution in [-0.4, -0.2) is 43.8 Å². The molecule has 0 heterocycles. The molecule has 4 rings (SSSR count). The first-order valence-corrected chi connectivity index (χ1v) is 16.8. The Morgan fingerprint density at radius 2 is 1.49 bits per heavy atom. The molecular formula is C36H40ClN3O4S. The normalized spacial score (nSPS) is 12.6. The van der Waals surface area contributed by atoms with Crippen LogP contribution in [0.25, 0.3) is 0 Å². The number of nitrogens with one attached hydrogen (secondary N) is 1. The SMILES string of the molecule is CC[C@@H](C)NC(=O)[C@@H](Cc1ccccc1)N(Cc1cccc(C)c1)C(=O)CN(c1ccc(Cl)cc1C)S(=O)(=O)c1ccccc1. The van der Waals surface area contributed by atoms with Gasteiger partial charge in [-0.05, 0) is 74.2 Å². The average molecular weight is 646 g/mol. The molecule has 0 radical (unpaired) electrons. The van der Waals surface area contributed by atoms with E-state index in [0.29, 0.717) is 22.7 Å². The van der Waals surface area contributed by atoms with Gasteiger partial charge in [-0.3, -0.25) is 13.9 Å². The Morgan fingerprint density at radius 3 is 2.11 bits per heavy atom. The third-order valence-corrected chi connectivity index (χ3v) is 9.75. The molecule has 2 atom stereocenters. The van der Waals surface area contributed by atoms with Crippen LogP contribution in [-0.2, 0) is 32.6 Å². The van der Waals surface area contributed by atoms with Gasteiger partial charge in [0.2, 0.25) is 11.8 Å². The van der Waals surface area contributed by atoms with Gasteiger partial charge in [0.1, 0.15) is 12.6 Å². The Bertz CT molecular complexity index is 1720. The first-order chi connectivity index (χ1) is 21.5. The first-order valence-electron chi connectivity index (χ1n) is 15.0. The molecule has 1 N–H and O–H groups in total. The van der Waals surface area contributed by atoms with E-state index < -0.39 is 28.5 Å². The third-order valence-electron chi connectivity index (χ3n) is 7.75. The van der Waals surface area contributed by atoms with Crippen LogP contribution in [0.2, 0.25) is 5.02 Å². The summed E-state index contributed by atoms with van der Waals surface area (Å²) in [7, 11) is -4.18. The highest BCUT2D eigenvalue weighted by Crippen LogP contribution is 2.29. The Labute approximate surface area is 271 Å². The lowest BCUT2D eigenvalue weighted by Crippen LogP contribution is -2.54. The van der Waals surface area contributed by atoms with E-state index in [9.17, 15) is 18.0 Å². The van der Waals surface area contributed by atoms with Crippen LogP contribution in [0.5, 0.6) is 0 Å². The highest BCUT2D eigenvalue weighted by molar-refractivity contribution is 7.92. The monoisotopic (exact) mass is 645 g/mol. The molecule has 0 spiro atoms. The van der Waals surface area contributed by atoms with E-state index in [-0.39, 0.29) is 29.8 Å². The van der Waals surface area contributed by atoms with Gasteiger partial charge in [-0.2, -0.15) is 0 Å². The highest BCUT2D eigenvalue weighted by atomic mass is 35.5. The molecule has 7 nitrogen and oxygen atoms in total. The van der Waals surface area contributed by atoms with E-state index in [4.69, 9.17) is 11.6 Å². The smallest absolute Gasteiger partial charge is 0.264 e. The lowest BCUT2D eigenvalue weighted by atomic mass is 10.0. The molecule has 4 aromatic rings. The molecule has 0 bridgehead atoms. The van der Waals surface area contributed by atoms with Crippen molar-refractivity contribution in [3.05, 3.63) is 130 Å². The molecule has 45 heavy (non-hydrogen) atoms. The Kier molecular flexibility index (Phi) is 11.4. The minimum absolute atomic E-state index is 0.0488. The maximum absolute atomic E-state index is 14.6. The molecule has 0 saturated carbocycles. The largest absolute Gasteiger partial charge is 0.352 e. The van der Waals surface area contributed by atoms with Crippen molar-refractivity contribution in [2.45, 2.75) is 64.1 Å². The van der Waals surface area contributed by atoms with Crippen LogP contribution in [0.1, 0.15) is 42.5 Å². The summed E-state index contributed by atoms with van der Waals surface area (Å²) in [5, 5.41) is 3.51. The van der Waals surface area contributed by atoms with Crippen molar-refractivity contribution < 1.29 is 18.0 Å². The van der Waals surface area contributed by atoms with Gasteiger partial charge in [0.25, 0.3) is 10.0 Å². The molecule has 9 heteroatoms. The molecule has 0 saturated heterocycles. The molecule has 0 aliphatic rings. The summed E-state index contributed by atoms with van der Waals surface area (Å²) in [5.74, 6) is -0.806. The zero-order chi connectivity index (χ0) is 32.6. The Morgan fingerprint density at radius 1 is 0.844 bits per heavy atom. The lowest BCUT2D eigenvalue weighted by molar-refractivity contribution is -0.140. The zero-order valence-electron chi connectivity index (χ0n) is 26.1. The molecule has 0 unspecified atom stereocenters. The van der Waals surface area contributed by atoms with Gasteiger partial charge >= 0.3 is 0 Å². The topological polar surface area (TPSA) is 86.8 Å². The first kappa shape index (κ1) is 33.7. The fourth-order valence-electron chi connectivity index (χ4n) is 5.13. The standard InChI is InChI=1S/C36H40ClN3O4S/c1-5-28(4)38-36(42)34(23-29-14-8-6-9-15-29)39(24-30-16-12-13-26(2)21-30)35(41)25-40(33-20-19-31(37)22-27(33)3)45(43,44)32-17-10-7-11-18-32/h6-22,28,34H,5,23-25H2,1-4H3,(H,38,42)/t28-,34-/m1/s1. The second-order valence-electron chi connectivity index (χ2n) is 11.3. The van der Waals surface area contributed by atoms with Gasteiger partial charge in [-0.1, -0.05) is 96.9 Å². The Balaban J connectivity index is 1.83. The van der Waals surface area contributed by atoms with Crippen LogP contribution >= 0.6 is 11.6 Å². The number of halogens is 1. The van der Waals surface area contributed by atoms with Crippen molar-refractivity contribution in [1.82, 2.24) is 10.2 Å². The van der Waals surface area contributed by atoms with Crippen molar-refractivity contribution in [2.24, 2.45) is 0 Å². The van der Waals surface area contributed by atoms with E-state index in [1.165, 1.54) is 17.0 Å². The lowest BCUT2D eigenvalue weighted by Gasteiger charge is -2.34. The van der Waals surface area contributed by atoms with Crippen molar-refractivity contribution in [3.8, 4) is 0 Å². The third kappa shape index (κ3) is 8.74. The van der Waals surface area contributed by atoms with Crippen molar-refractivity contribution in [2.75, 3.05) is 10.8 Å². The van der Waals surface area contributed by atoms with E-state index >= 15 is 0 Å². The minimum Gasteiger partial charge on any atom is -0.352 e. The molecule has 2 amide bonds. The second-order valence-corrected chi connectivity index (χ2v) is 13.6. The molecule has 236 valence electrons. The molecular weight excluding hydrogens is 606 g/mol. The van der Waals surface area contributed by atoms with Crippen LogP contribution < -0.4 is 9.62 Å². The van der Waals surface area contributed by atoms with Gasteiger partial charge in [-0.15, -0.1) is 0 Å². The van der Waals surface area contributed by atoms with Gasteiger partial charge in [0.15, 0.2) is 0 Å². The predicted octanol–water partition coefficient (Wildman–Crippen LogP) is 6.71. The number of carbonyl (C=O) groups is 2. The number of nitrogens with zero attached hydrogens (tertiary/aromatic N) is 2. The number of carbonyl (C=O) groups excluding carboxylic acids is 2. The second kappa shape index (κ2) is 15.2. The minimum atomic E-state index is -4.18. The van der Waals surface area contributed by atoms with Crippen LogP contribution in [0, 0.1) is 13.8 Å². The number of amides is 2. The fraction of sp³-hybridized carbons (Fsp3) is 0.278. The quantitative estimate of drug-likeness (QED) is 0.175. The number of benzene rings is 4. The van der Waals surface area contributed by atoms with E-state index in [2.05, 4.69) is 5.32 Å². The summed E-state index contributed by atoms with van der Waals surface area (Å²) < 4.78 is 29.4. The molecule has 4 aromatic carbocycles. The zero-order valence-corrected chi connectivity index (χ0v) is 27.7. The number of anilines is 1. The molecule has 0 aliphatic heterocycles. The number of aryl methyl sites for hydroxylation is 2. The number of hydrogen-bond acceptors (Lipinski definition) is 4. The molecule has 0 aromatic heterocycles. The van der Waals surface area contributed by atoms with Crippen LogP contribution in [0.3, 0.4) is 0 Å². The van der Waals surface area contributed by atoms with E-state index in [1.54, 1.807) is 43.3 Å². The van der Waals surface area contributed by atoms with Crippen molar-refractivity contribution in [3.63, 3.8) is 0 Å². The summed E-state index contributed by atoms with van der Waals surface area (Å²) in [4.78, 5) is 30.1. The van der Waals surface area contributed by atoms with E-state index in [0.717, 1.165) is 21.0 Å². The highest BCUT2D eigenvalue weighted by Gasteiger charge is 2.35. The van der Waals surface area contributed by atoms with Crippen molar-refractivity contribution >= 4 is 39.1 Å². The Hall–Kier alpha value is -4.14. The number of sulfonamides is 1. The van der Waals surface area contributed by atoms with Gasteiger partial charge < -0.3 is 10.2 Å². The number of rotatable bonds is 13. The van der Waals surface area contributed by atoms with Gasteiger partial charge in [0.05, 0.1) is 10.6 Å².